The summed E-state index contributed by atoms with van der Waals surface area (Å²) in [6.45, 7) is 3.73. The van der Waals surface area contributed by atoms with Crippen molar-refractivity contribution in [3.63, 3.8) is 0 Å². The molecule has 37 heavy (non-hydrogen) atoms. The highest BCUT2D eigenvalue weighted by Gasteiger charge is 2.31. The van der Waals surface area contributed by atoms with E-state index in [1.54, 1.807) is 18.3 Å². The number of benzene rings is 2. The van der Waals surface area contributed by atoms with Crippen LogP contribution in [-0.4, -0.2) is 40.6 Å². The number of nitrogens with one attached hydrogen (secondary N) is 1. The van der Waals surface area contributed by atoms with Gasteiger partial charge in [0.15, 0.2) is 11.6 Å². The van der Waals surface area contributed by atoms with Crippen LogP contribution in [0.25, 0.3) is 22.5 Å². The van der Waals surface area contributed by atoms with Crippen LogP contribution >= 0.6 is 11.6 Å². The van der Waals surface area contributed by atoms with E-state index in [0.717, 1.165) is 24.3 Å². The molecule has 0 aliphatic carbocycles. The lowest BCUT2D eigenvalue weighted by molar-refractivity contribution is -0.137. The van der Waals surface area contributed by atoms with Crippen molar-refractivity contribution in [1.29, 1.82) is 0 Å². The summed E-state index contributed by atoms with van der Waals surface area (Å²) in [6.07, 6.45) is -2.80. The first-order valence-electron chi connectivity index (χ1n) is 11.5. The van der Waals surface area contributed by atoms with Gasteiger partial charge < -0.3 is 14.8 Å². The molecule has 0 amide bonds. The number of piperazine rings is 1. The Balaban J connectivity index is 1.51. The van der Waals surface area contributed by atoms with Gasteiger partial charge in [0.1, 0.15) is 5.82 Å². The van der Waals surface area contributed by atoms with Gasteiger partial charge in [-0.05, 0) is 49.4 Å². The first-order valence-corrected chi connectivity index (χ1v) is 11.8. The van der Waals surface area contributed by atoms with Crippen LogP contribution in [0.15, 0.2) is 60.8 Å². The molecule has 192 valence electrons. The molecule has 0 radical (unpaired) electrons. The lowest BCUT2D eigenvalue weighted by atomic mass is 10.0. The number of hydrogen-bond donors (Lipinski definition) is 1. The third kappa shape index (κ3) is 4.98. The highest BCUT2D eigenvalue weighted by atomic mass is 35.5. The lowest BCUT2D eigenvalue weighted by Crippen LogP contribution is -2.52. The summed E-state index contributed by atoms with van der Waals surface area (Å²) < 4.78 is 67.0. The molecule has 5 rings (SSSR count). The van der Waals surface area contributed by atoms with Gasteiger partial charge in [-0.1, -0.05) is 23.7 Å². The Hall–Kier alpha value is -3.66. The summed E-state index contributed by atoms with van der Waals surface area (Å²) in [6, 6.07) is 11.5. The van der Waals surface area contributed by atoms with Gasteiger partial charge in [0.25, 0.3) is 0 Å². The summed E-state index contributed by atoms with van der Waals surface area (Å²) >= 11 is 6.32. The van der Waals surface area contributed by atoms with Crippen LogP contribution in [0.4, 0.5) is 33.7 Å². The highest BCUT2D eigenvalue weighted by molar-refractivity contribution is 6.32. The van der Waals surface area contributed by atoms with Crippen LogP contribution in [0, 0.1) is 11.6 Å². The number of H-pyrrole nitrogens is 1. The minimum atomic E-state index is -4.48. The van der Waals surface area contributed by atoms with E-state index in [1.165, 1.54) is 18.2 Å². The van der Waals surface area contributed by atoms with Gasteiger partial charge in [-0.3, -0.25) is 0 Å². The Labute approximate surface area is 214 Å². The van der Waals surface area contributed by atoms with Crippen LogP contribution in [0.5, 0.6) is 0 Å². The molecule has 0 spiro atoms. The summed E-state index contributed by atoms with van der Waals surface area (Å²) in [5.41, 5.74) is 0.636. The van der Waals surface area contributed by atoms with Crippen molar-refractivity contribution in [2.24, 2.45) is 0 Å². The molecular formula is C26H21ClF5N5. The maximum Gasteiger partial charge on any atom is 0.416 e. The number of rotatable bonds is 4. The van der Waals surface area contributed by atoms with E-state index < -0.39 is 23.4 Å². The number of halogens is 6. The number of pyridine rings is 1. The molecule has 5 nitrogen and oxygen atoms in total. The minimum Gasteiger partial charge on any atom is -0.352 e. The summed E-state index contributed by atoms with van der Waals surface area (Å²) in [4.78, 5) is 16.4. The second-order valence-corrected chi connectivity index (χ2v) is 9.19. The van der Waals surface area contributed by atoms with Crippen molar-refractivity contribution in [3.8, 4) is 22.5 Å². The van der Waals surface area contributed by atoms with Crippen molar-refractivity contribution in [2.75, 3.05) is 29.4 Å². The van der Waals surface area contributed by atoms with E-state index in [4.69, 9.17) is 11.6 Å². The fraction of sp³-hybridized carbons (Fsp3) is 0.231. The number of imidazole rings is 1. The predicted molar refractivity (Wildman–Crippen MR) is 133 cm³/mol. The van der Waals surface area contributed by atoms with Crippen molar-refractivity contribution >= 4 is 23.4 Å². The van der Waals surface area contributed by atoms with Crippen molar-refractivity contribution < 1.29 is 22.0 Å². The standard InChI is InChI=1S/C26H21ClF5N5/c1-15-14-36(24-19(27)3-2-10-33-24)11-12-37(15)25-34-22(16-4-7-18(8-5-16)26(30,31)32)23(35-25)17-6-9-20(28)21(29)13-17/h2-10,13,15H,11-12,14H2,1H3,(H,34,35)/t15-/m1/s1. The molecule has 0 saturated carbocycles. The molecule has 2 aromatic heterocycles. The zero-order chi connectivity index (χ0) is 26.3. The number of hydrogen-bond acceptors (Lipinski definition) is 4. The molecule has 0 bridgehead atoms. The van der Waals surface area contributed by atoms with Crippen molar-refractivity contribution in [3.05, 3.63) is 83.0 Å². The monoisotopic (exact) mass is 533 g/mol. The average molecular weight is 534 g/mol. The second-order valence-electron chi connectivity index (χ2n) is 8.79. The minimum absolute atomic E-state index is 0.0452. The summed E-state index contributed by atoms with van der Waals surface area (Å²) in [7, 11) is 0. The molecule has 1 fully saturated rings. The Morgan fingerprint density at radius 2 is 1.70 bits per heavy atom. The number of anilines is 2. The van der Waals surface area contributed by atoms with E-state index in [2.05, 4.69) is 19.9 Å². The van der Waals surface area contributed by atoms with Crippen molar-refractivity contribution in [2.45, 2.75) is 19.1 Å². The number of nitrogens with zero attached hydrogens (tertiary/aromatic N) is 4. The van der Waals surface area contributed by atoms with E-state index in [-0.39, 0.29) is 6.04 Å². The first-order chi connectivity index (χ1) is 17.6. The highest BCUT2D eigenvalue weighted by Crippen LogP contribution is 2.36. The SMILES string of the molecule is C[C@@H]1CN(c2ncccc2Cl)CCN1c1nc(-c2ccc(F)c(F)c2)c(-c2ccc(C(F)(F)F)cc2)[nH]1. The molecule has 11 heteroatoms. The topological polar surface area (TPSA) is 48.1 Å². The van der Waals surface area contributed by atoms with Gasteiger partial charge in [-0.25, -0.2) is 18.7 Å². The quantitative estimate of drug-likeness (QED) is 0.293. The number of aromatic amines is 1. The van der Waals surface area contributed by atoms with Crippen LogP contribution in [0.3, 0.4) is 0 Å². The molecule has 0 unspecified atom stereocenters. The van der Waals surface area contributed by atoms with Gasteiger partial charge in [0.2, 0.25) is 5.95 Å². The first kappa shape index (κ1) is 25.0. The van der Waals surface area contributed by atoms with Gasteiger partial charge in [0, 0.05) is 43.0 Å². The summed E-state index contributed by atoms with van der Waals surface area (Å²) in [5, 5.41) is 0.548. The predicted octanol–water partition coefficient (Wildman–Crippen LogP) is 6.80. The van der Waals surface area contributed by atoms with Crippen LogP contribution in [0.2, 0.25) is 5.02 Å². The third-order valence-corrected chi connectivity index (χ3v) is 6.62. The van der Waals surface area contributed by atoms with Gasteiger partial charge >= 0.3 is 6.18 Å². The fourth-order valence-corrected chi connectivity index (χ4v) is 4.70. The summed E-state index contributed by atoms with van der Waals surface area (Å²) in [5.74, 6) is -0.903. The number of aromatic nitrogens is 3. The Morgan fingerprint density at radius 3 is 2.35 bits per heavy atom. The fourth-order valence-electron chi connectivity index (χ4n) is 4.46. The van der Waals surface area contributed by atoms with E-state index in [0.29, 0.717) is 58.9 Å². The molecular weight excluding hydrogens is 513 g/mol. The van der Waals surface area contributed by atoms with Crippen LogP contribution < -0.4 is 9.80 Å². The Morgan fingerprint density at radius 1 is 0.973 bits per heavy atom. The lowest BCUT2D eigenvalue weighted by Gasteiger charge is -2.40. The number of alkyl halides is 3. The van der Waals surface area contributed by atoms with Gasteiger partial charge in [-0.15, -0.1) is 0 Å². The van der Waals surface area contributed by atoms with E-state index >= 15 is 0 Å². The molecule has 2 aromatic carbocycles. The van der Waals surface area contributed by atoms with E-state index in [1.807, 2.05) is 11.8 Å². The largest absolute Gasteiger partial charge is 0.416 e. The average Bonchev–Trinajstić information content (AvgIpc) is 3.30. The normalized spacial score (nSPS) is 16.4. The zero-order valence-electron chi connectivity index (χ0n) is 19.5. The van der Waals surface area contributed by atoms with Crippen LogP contribution in [-0.2, 0) is 6.18 Å². The third-order valence-electron chi connectivity index (χ3n) is 6.32. The molecule has 1 aliphatic rings. The molecule has 1 atom stereocenters. The molecule has 1 aliphatic heterocycles. The molecule has 1 saturated heterocycles. The zero-order valence-corrected chi connectivity index (χ0v) is 20.3. The Bertz CT molecular complexity index is 1420. The van der Waals surface area contributed by atoms with E-state index in [9.17, 15) is 22.0 Å². The van der Waals surface area contributed by atoms with Gasteiger partial charge in [-0.2, -0.15) is 13.2 Å². The molecule has 1 N–H and O–H groups in total. The Kier molecular flexibility index (Phi) is 6.53. The van der Waals surface area contributed by atoms with Gasteiger partial charge in [0.05, 0.1) is 22.0 Å². The maximum absolute atomic E-state index is 14.1. The molecule has 4 aromatic rings. The molecule has 3 heterocycles. The second kappa shape index (κ2) is 9.66. The smallest absolute Gasteiger partial charge is 0.352 e. The van der Waals surface area contributed by atoms with Crippen LogP contribution in [0.1, 0.15) is 12.5 Å². The maximum atomic E-state index is 14.1. The van der Waals surface area contributed by atoms with Crippen molar-refractivity contribution in [1.82, 2.24) is 15.0 Å².